The second-order valence-corrected chi connectivity index (χ2v) is 9.69. The first kappa shape index (κ1) is 18.1. The molecular formula is C20H17ClN6OS. The smallest absolute Gasteiger partial charge is 0.228 e. The average molecular weight is 425 g/mol. The maximum atomic E-state index is 12.5. The third-order valence-electron chi connectivity index (χ3n) is 4.91. The quantitative estimate of drug-likeness (QED) is 0.418. The predicted octanol–water partition coefficient (Wildman–Crippen LogP) is 4.98. The average Bonchev–Trinajstić information content (AvgIpc) is 3.51. The second kappa shape index (κ2) is 6.82. The Hall–Kier alpha value is -2.97. The van der Waals surface area contributed by atoms with Crippen LogP contribution >= 0.6 is 11.6 Å². The van der Waals surface area contributed by atoms with E-state index in [1.807, 2.05) is 30.5 Å². The summed E-state index contributed by atoms with van der Waals surface area (Å²) < 4.78 is 20.6. The molecule has 5 rings (SSSR count). The van der Waals surface area contributed by atoms with Gasteiger partial charge in [0, 0.05) is 34.1 Å². The molecule has 4 aromatic rings. The Morgan fingerprint density at radius 2 is 1.97 bits per heavy atom. The van der Waals surface area contributed by atoms with Crippen molar-refractivity contribution in [1.29, 1.82) is 4.78 Å². The van der Waals surface area contributed by atoms with Gasteiger partial charge in [0.1, 0.15) is 5.82 Å². The summed E-state index contributed by atoms with van der Waals surface area (Å²) in [4.78, 5) is 16.8. The number of aromatic nitrogens is 4. The summed E-state index contributed by atoms with van der Waals surface area (Å²) in [5.41, 5.74) is 2.50. The van der Waals surface area contributed by atoms with E-state index in [0.29, 0.717) is 27.4 Å². The Morgan fingerprint density at radius 3 is 2.72 bits per heavy atom. The molecule has 0 spiro atoms. The number of nitrogens with zero attached hydrogens (tertiary/aromatic N) is 3. The molecule has 1 fully saturated rings. The van der Waals surface area contributed by atoms with Crippen LogP contribution in [0, 0.1) is 4.78 Å². The highest BCUT2D eigenvalue weighted by Gasteiger charge is 2.33. The maximum Gasteiger partial charge on any atom is 0.228 e. The van der Waals surface area contributed by atoms with Crippen LogP contribution in [0.25, 0.3) is 22.2 Å². The molecule has 0 amide bonds. The number of para-hydroxylation sites is 1. The van der Waals surface area contributed by atoms with Crippen molar-refractivity contribution in [2.45, 2.75) is 23.0 Å². The molecule has 146 valence electrons. The summed E-state index contributed by atoms with van der Waals surface area (Å²) in [7, 11) is -2.76. The largest absolute Gasteiger partial charge is 0.360 e. The Labute approximate surface area is 172 Å². The van der Waals surface area contributed by atoms with Crippen molar-refractivity contribution in [2.75, 3.05) is 5.32 Å². The van der Waals surface area contributed by atoms with Crippen LogP contribution in [0.15, 0.2) is 59.9 Å². The summed E-state index contributed by atoms with van der Waals surface area (Å²) >= 11 is 6.36. The monoisotopic (exact) mass is 424 g/mol. The zero-order chi connectivity index (χ0) is 20.0. The molecule has 29 heavy (non-hydrogen) atoms. The molecule has 3 aromatic heterocycles. The van der Waals surface area contributed by atoms with E-state index in [1.165, 1.54) is 6.20 Å². The van der Waals surface area contributed by atoms with Crippen molar-refractivity contribution in [1.82, 2.24) is 19.9 Å². The Morgan fingerprint density at radius 1 is 1.14 bits per heavy atom. The molecule has 0 radical (unpaired) electrons. The van der Waals surface area contributed by atoms with Gasteiger partial charge in [-0.1, -0.05) is 29.8 Å². The highest BCUT2D eigenvalue weighted by molar-refractivity contribution is 7.93. The predicted molar refractivity (Wildman–Crippen MR) is 114 cm³/mol. The molecule has 1 atom stereocenters. The molecule has 1 unspecified atom stereocenters. The van der Waals surface area contributed by atoms with Gasteiger partial charge in [0.2, 0.25) is 5.95 Å². The summed E-state index contributed by atoms with van der Waals surface area (Å²) in [5.74, 6) is 0.857. The van der Waals surface area contributed by atoms with Gasteiger partial charge >= 0.3 is 0 Å². The Balaban J connectivity index is 1.45. The lowest BCUT2D eigenvalue weighted by atomic mass is 10.1. The van der Waals surface area contributed by atoms with E-state index in [2.05, 4.69) is 25.3 Å². The lowest BCUT2D eigenvalue weighted by Gasteiger charge is -2.09. The van der Waals surface area contributed by atoms with Gasteiger partial charge in [0.05, 0.1) is 31.5 Å². The highest BCUT2D eigenvalue weighted by atomic mass is 35.5. The molecule has 3 heterocycles. The number of rotatable bonds is 5. The number of H-pyrrole nitrogens is 1. The fourth-order valence-corrected chi connectivity index (χ4v) is 5.08. The van der Waals surface area contributed by atoms with Crippen LogP contribution < -0.4 is 5.32 Å². The second-order valence-electron chi connectivity index (χ2n) is 6.94. The SMILES string of the molecule is N=S(=O)(c1ccc(Nc2ncc(Cl)c(-c3c[nH]c4ccccc34)n2)nc1)C1CC1. The molecule has 7 nitrogen and oxygen atoms in total. The van der Waals surface area contributed by atoms with Crippen molar-refractivity contribution in [2.24, 2.45) is 0 Å². The van der Waals surface area contributed by atoms with E-state index in [4.69, 9.17) is 16.4 Å². The minimum absolute atomic E-state index is 0.0403. The van der Waals surface area contributed by atoms with Gasteiger partial charge in [-0.25, -0.2) is 23.9 Å². The number of halogens is 1. The van der Waals surface area contributed by atoms with Crippen molar-refractivity contribution < 1.29 is 4.21 Å². The van der Waals surface area contributed by atoms with E-state index < -0.39 is 9.73 Å². The normalized spacial score (nSPS) is 15.9. The molecule has 0 bridgehead atoms. The first-order valence-electron chi connectivity index (χ1n) is 9.12. The van der Waals surface area contributed by atoms with Crippen LogP contribution in [0.5, 0.6) is 0 Å². The van der Waals surface area contributed by atoms with E-state index in [9.17, 15) is 4.21 Å². The molecule has 1 saturated carbocycles. The number of hydrogen-bond acceptors (Lipinski definition) is 6. The van der Waals surface area contributed by atoms with Gasteiger partial charge in [-0.2, -0.15) is 0 Å². The van der Waals surface area contributed by atoms with Gasteiger partial charge in [-0.15, -0.1) is 0 Å². The number of anilines is 2. The lowest BCUT2D eigenvalue weighted by molar-refractivity contribution is 0.673. The topological polar surface area (TPSA) is 107 Å². The standard InChI is InChI=1S/C20H17ClN6OS/c21-16-11-25-20(27-19(16)15-10-23-17-4-2-1-3-14(15)17)26-18-8-7-13(9-24-18)29(22,28)12-5-6-12/h1-4,7-12,22-23H,5-6H2,(H,24,25,26,27). The van der Waals surface area contributed by atoms with Crippen molar-refractivity contribution in [3.8, 4) is 11.3 Å². The molecule has 3 N–H and O–H groups in total. The van der Waals surface area contributed by atoms with E-state index in [0.717, 1.165) is 29.3 Å². The van der Waals surface area contributed by atoms with Crippen LogP contribution in [-0.4, -0.2) is 29.4 Å². The van der Waals surface area contributed by atoms with Crippen molar-refractivity contribution in [3.63, 3.8) is 0 Å². The first-order chi connectivity index (χ1) is 14.0. The Bertz CT molecular complexity index is 1310. The van der Waals surface area contributed by atoms with E-state index >= 15 is 0 Å². The van der Waals surface area contributed by atoms with E-state index in [-0.39, 0.29) is 5.25 Å². The number of nitrogens with one attached hydrogen (secondary N) is 3. The van der Waals surface area contributed by atoms with Gasteiger partial charge < -0.3 is 10.3 Å². The third kappa shape index (κ3) is 3.34. The van der Waals surface area contributed by atoms with Gasteiger partial charge in [-0.05, 0) is 31.0 Å². The minimum Gasteiger partial charge on any atom is -0.360 e. The van der Waals surface area contributed by atoms with Crippen molar-refractivity contribution >= 4 is 44.0 Å². The summed E-state index contributed by atoms with van der Waals surface area (Å²) in [6.07, 6.45) is 6.60. The van der Waals surface area contributed by atoms with Crippen LogP contribution in [0.4, 0.5) is 11.8 Å². The number of fused-ring (bicyclic) bond motifs is 1. The summed E-state index contributed by atoms with van der Waals surface area (Å²) in [6.45, 7) is 0. The first-order valence-corrected chi connectivity index (χ1v) is 11.1. The van der Waals surface area contributed by atoms with Gasteiger partial charge in [0.15, 0.2) is 0 Å². The molecular weight excluding hydrogens is 408 g/mol. The molecule has 1 aliphatic rings. The molecule has 1 aliphatic carbocycles. The summed E-state index contributed by atoms with van der Waals surface area (Å²) in [6, 6.07) is 11.3. The summed E-state index contributed by atoms with van der Waals surface area (Å²) in [5, 5.41) is 4.48. The van der Waals surface area contributed by atoms with Crippen LogP contribution in [0.1, 0.15) is 12.8 Å². The number of aromatic amines is 1. The molecule has 0 aliphatic heterocycles. The molecule has 9 heteroatoms. The lowest BCUT2D eigenvalue weighted by Crippen LogP contribution is -2.06. The third-order valence-corrected chi connectivity index (χ3v) is 7.54. The highest BCUT2D eigenvalue weighted by Crippen LogP contribution is 2.34. The van der Waals surface area contributed by atoms with Crippen molar-refractivity contribution in [3.05, 3.63) is 60.0 Å². The zero-order valence-corrected chi connectivity index (χ0v) is 16.8. The van der Waals surface area contributed by atoms with Crippen LogP contribution in [0.2, 0.25) is 5.02 Å². The number of hydrogen-bond donors (Lipinski definition) is 3. The minimum atomic E-state index is -2.76. The molecule has 1 aromatic carbocycles. The fourth-order valence-electron chi connectivity index (χ4n) is 3.22. The van der Waals surface area contributed by atoms with Gasteiger partial charge in [0.25, 0.3) is 0 Å². The van der Waals surface area contributed by atoms with Gasteiger partial charge in [-0.3, -0.25) is 0 Å². The van der Waals surface area contributed by atoms with E-state index in [1.54, 1.807) is 18.3 Å². The number of benzene rings is 1. The zero-order valence-electron chi connectivity index (χ0n) is 15.2. The fraction of sp³-hybridized carbons (Fsp3) is 0.150. The Kier molecular flexibility index (Phi) is 4.25. The maximum absolute atomic E-state index is 12.5. The number of pyridine rings is 1. The van der Waals surface area contributed by atoms with Crippen LogP contribution in [-0.2, 0) is 9.73 Å². The molecule has 0 saturated heterocycles. The van der Waals surface area contributed by atoms with Crippen LogP contribution in [0.3, 0.4) is 0 Å².